The van der Waals surface area contributed by atoms with Crippen LogP contribution in [0.3, 0.4) is 0 Å². The Kier molecular flexibility index (Phi) is 15.4. The van der Waals surface area contributed by atoms with Crippen molar-refractivity contribution in [3.8, 4) is 0 Å². The third-order valence-electron chi connectivity index (χ3n) is 9.59. The van der Waals surface area contributed by atoms with Crippen LogP contribution in [-0.4, -0.2) is 89.0 Å². The number of nitrogens with one attached hydrogen (secondary N) is 4. The quantitative estimate of drug-likeness (QED) is 0.150. The summed E-state index contributed by atoms with van der Waals surface area (Å²) in [5, 5.41) is 11.2. The summed E-state index contributed by atoms with van der Waals surface area (Å²) in [5.41, 5.74) is -1.06. The van der Waals surface area contributed by atoms with Crippen molar-refractivity contribution in [1.29, 1.82) is 0 Å². The highest BCUT2D eigenvalue weighted by Crippen LogP contribution is 2.26. The maximum absolute atomic E-state index is 13.9. The molecule has 2 fully saturated rings. The van der Waals surface area contributed by atoms with E-state index in [0.29, 0.717) is 37.8 Å². The topological polar surface area (TPSA) is 180 Å². The van der Waals surface area contributed by atoms with Crippen LogP contribution in [0.1, 0.15) is 116 Å². The number of carbonyl (C=O) groups excluding carboxylic acids is 7. The van der Waals surface area contributed by atoms with Gasteiger partial charge in [0, 0.05) is 19.5 Å². The highest BCUT2D eigenvalue weighted by atomic mass is 16.5. The van der Waals surface area contributed by atoms with Crippen molar-refractivity contribution in [1.82, 2.24) is 26.2 Å². The summed E-state index contributed by atoms with van der Waals surface area (Å²) < 4.78 is 5.31. The Labute approximate surface area is 295 Å². The van der Waals surface area contributed by atoms with Crippen LogP contribution in [0.15, 0.2) is 30.3 Å². The van der Waals surface area contributed by atoms with Gasteiger partial charge in [0.1, 0.15) is 23.7 Å². The Balaban J connectivity index is 1.67. The highest BCUT2D eigenvalue weighted by molar-refractivity contribution is 6.00. The van der Waals surface area contributed by atoms with E-state index in [1.165, 1.54) is 11.8 Å². The van der Waals surface area contributed by atoms with Crippen LogP contribution >= 0.6 is 0 Å². The standard InChI is InChI=1S/C37H55N5O8/c1-6-8-15-20-38-31(44)22-28-34(47)42-23-24(3)21-29(42)33(46)39-27(32(45)41-37(5,7-2)36(49)40-28)18-13-10-14-19-30(43)25(4)50-35(48)26-16-11-9-12-17-26/h9,11-12,16-17,24-25,27-29H,6-8,10,13-15,18-23H2,1-5H3,(H,38,44)(H,39,46)(H,40,49)(H,41,45)/t24-,25+,27-,28-,29+,37-/m0/s1. The summed E-state index contributed by atoms with van der Waals surface area (Å²) in [5.74, 6) is -3.30. The van der Waals surface area contributed by atoms with E-state index in [0.717, 1.165) is 19.3 Å². The molecule has 276 valence electrons. The van der Waals surface area contributed by atoms with Crippen LogP contribution in [0, 0.1) is 5.92 Å². The first-order valence-corrected chi connectivity index (χ1v) is 18.1. The maximum atomic E-state index is 13.9. The van der Waals surface area contributed by atoms with Crippen LogP contribution in [-0.2, 0) is 33.5 Å². The SMILES string of the molecule is CCCCCNC(=O)C[C@@H]1NC(=O)[C@](C)(CC)NC(=O)[C@H](CCCCCC(=O)[C@@H](C)OC(=O)c2ccccc2)NC(=O)[C@H]2C[C@H](C)CN2C1=O. The molecular weight excluding hydrogens is 642 g/mol. The highest BCUT2D eigenvalue weighted by Gasteiger charge is 2.45. The molecular formula is C37H55N5O8. The summed E-state index contributed by atoms with van der Waals surface area (Å²) >= 11 is 0. The minimum atomic E-state index is -1.42. The smallest absolute Gasteiger partial charge is 0.338 e. The lowest BCUT2D eigenvalue weighted by molar-refractivity contribution is -0.145. The fraction of sp³-hybridized carbons (Fsp3) is 0.649. The summed E-state index contributed by atoms with van der Waals surface area (Å²) in [7, 11) is 0. The molecule has 0 aromatic heterocycles. The normalized spacial score (nSPS) is 24.9. The number of ketones is 1. The number of nitrogens with zero attached hydrogens (tertiary/aromatic N) is 1. The van der Waals surface area contributed by atoms with Crippen molar-refractivity contribution >= 4 is 41.3 Å². The van der Waals surface area contributed by atoms with Crippen LogP contribution in [0.5, 0.6) is 0 Å². The lowest BCUT2D eigenvalue weighted by atomic mass is 9.94. The molecule has 13 heteroatoms. The molecule has 2 heterocycles. The van der Waals surface area contributed by atoms with E-state index in [1.54, 1.807) is 44.2 Å². The van der Waals surface area contributed by atoms with E-state index in [9.17, 15) is 33.6 Å². The third kappa shape index (κ3) is 11.4. The van der Waals surface area contributed by atoms with Gasteiger partial charge in [-0.25, -0.2) is 4.79 Å². The van der Waals surface area contributed by atoms with Gasteiger partial charge in [-0.15, -0.1) is 0 Å². The summed E-state index contributed by atoms with van der Waals surface area (Å²) in [4.78, 5) is 94.2. The monoisotopic (exact) mass is 697 g/mol. The number of unbranched alkanes of at least 4 members (excludes halogenated alkanes) is 4. The Hall–Kier alpha value is -4.29. The van der Waals surface area contributed by atoms with Crippen molar-refractivity contribution < 1.29 is 38.3 Å². The first-order valence-electron chi connectivity index (χ1n) is 18.1. The van der Waals surface area contributed by atoms with Gasteiger partial charge in [-0.2, -0.15) is 0 Å². The molecule has 0 bridgehead atoms. The van der Waals surface area contributed by atoms with Gasteiger partial charge in [0.15, 0.2) is 11.9 Å². The molecule has 13 nitrogen and oxygen atoms in total. The van der Waals surface area contributed by atoms with E-state index >= 15 is 0 Å². The van der Waals surface area contributed by atoms with Gasteiger partial charge in [-0.3, -0.25) is 28.8 Å². The van der Waals surface area contributed by atoms with Gasteiger partial charge in [-0.05, 0) is 64.0 Å². The van der Waals surface area contributed by atoms with Gasteiger partial charge in [0.2, 0.25) is 29.5 Å². The second-order valence-corrected chi connectivity index (χ2v) is 13.8. The van der Waals surface area contributed by atoms with E-state index < -0.39 is 59.4 Å². The van der Waals surface area contributed by atoms with Crippen LogP contribution in [0.25, 0.3) is 0 Å². The molecule has 0 spiro atoms. The molecule has 0 radical (unpaired) electrons. The van der Waals surface area contributed by atoms with Crippen molar-refractivity contribution in [2.24, 2.45) is 5.92 Å². The molecule has 2 aliphatic rings. The molecule has 0 saturated carbocycles. The summed E-state index contributed by atoms with van der Waals surface area (Å²) in [6.45, 7) is 9.52. The molecule has 1 aromatic carbocycles. The Morgan fingerprint density at radius 3 is 2.36 bits per heavy atom. The molecule has 1 aromatic rings. The van der Waals surface area contributed by atoms with E-state index in [-0.39, 0.29) is 49.8 Å². The predicted molar refractivity (Wildman–Crippen MR) is 187 cm³/mol. The average Bonchev–Trinajstić information content (AvgIpc) is 3.49. The van der Waals surface area contributed by atoms with Gasteiger partial charge in [0.25, 0.3) is 0 Å². The Bertz CT molecular complexity index is 1370. The predicted octanol–water partition coefficient (Wildman–Crippen LogP) is 2.95. The number of rotatable bonds is 16. The van der Waals surface area contributed by atoms with E-state index in [1.807, 2.05) is 6.92 Å². The molecule has 50 heavy (non-hydrogen) atoms. The molecule has 6 atom stereocenters. The number of esters is 1. The molecule has 5 amide bonds. The van der Waals surface area contributed by atoms with E-state index in [2.05, 4.69) is 28.2 Å². The maximum Gasteiger partial charge on any atom is 0.338 e. The molecule has 4 N–H and O–H groups in total. The molecule has 2 aliphatic heterocycles. The Morgan fingerprint density at radius 2 is 1.68 bits per heavy atom. The van der Waals surface area contributed by atoms with Crippen LogP contribution in [0.4, 0.5) is 0 Å². The minimum absolute atomic E-state index is 0.0147. The van der Waals surface area contributed by atoms with Gasteiger partial charge in [0.05, 0.1) is 12.0 Å². The second kappa shape index (κ2) is 19.2. The van der Waals surface area contributed by atoms with Gasteiger partial charge in [-0.1, -0.05) is 64.7 Å². The third-order valence-corrected chi connectivity index (χ3v) is 9.59. The summed E-state index contributed by atoms with van der Waals surface area (Å²) in [6, 6.07) is 5.37. The van der Waals surface area contributed by atoms with Gasteiger partial charge < -0.3 is 30.9 Å². The van der Waals surface area contributed by atoms with Crippen molar-refractivity contribution in [2.75, 3.05) is 13.1 Å². The lowest BCUT2D eigenvalue weighted by Crippen LogP contribution is -2.65. The number of hydrogen-bond acceptors (Lipinski definition) is 8. The Morgan fingerprint density at radius 1 is 0.960 bits per heavy atom. The number of amides is 5. The first-order chi connectivity index (χ1) is 23.8. The molecule has 3 rings (SSSR count). The van der Waals surface area contributed by atoms with Crippen molar-refractivity contribution in [3.05, 3.63) is 35.9 Å². The fourth-order valence-corrected chi connectivity index (χ4v) is 6.21. The fourth-order valence-electron chi connectivity index (χ4n) is 6.21. The first kappa shape index (κ1) is 40.1. The molecule has 0 aliphatic carbocycles. The number of Topliss-reactive ketones (excluding diaryl/α,β-unsaturated/α-hetero) is 1. The van der Waals surface area contributed by atoms with E-state index in [4.69, 9.17) is 4.74 Å². The van der Waals surface area contributed by atoms with Crippen molar-refractivity contribution in [3.63, 3.8) is 0 Å². The lowest BCUT2D eigenvalue weighted by Gasteiger charge is -2.35. The zero-order chi connectivity index (χ0) is 36.8. The zero-order valence-corrected chi connectivity index (χ0v) is 30.2. The number of carbonyl (C=O) groups is 7. The largest absolute Gasteiger partial charge is 0.451 e. The summed E-state index contributed by atoms with van der Waals surface area (Å²) in [6.07, 6.45) is 4.04. The van der Waals surface area contributed by atoms with Crippen LogP contribution < -0.4 is 21.3 Å². The second-order valence-electron chi connectivity index (χ2n) is 13.8. The zero-order valence-electron chi connectivity index (χ0n) is 30.2. The minimum Gasteiger partial charge on any atom is -0.451 e. The number of benzene rings is 1. The number of hydrogen-bond donors (Lipinski definition) is 4. The number of ether oxygens (including phenoxy) is 1. The average molecular weight is 698 g/mol. The van der Waals surface area contributed by atoms with Crippen molar-refractivity contribution in [2.45, 2.75) is 135 Å². The molecule has 0 unspecified atom stereocenters. The van der Waals surface area contributed by atoms with Crippen LogP contribution in [0.2, 0.25) is 0 Å². The molecule has 2 saturated heterocycles. The number of fused-ring (bicyclic) bond motifs is 1. The van der Waals surface area contributed by atoms with Gasteiger partial charge >= 0.3 is 5.97 Å².